The molecule has 0 unspecified atom stereocenters. The molecule has 0 aliphatic carbocycles. The molecule has 1 aliphatic rings. The number of hydrogen-bond acceptors (Lipinski definition) is 5. The third kappa shape index (κ3) is 3.36. The van der Waals surface area contributed by atoms with Gasteiger partial charge in [-0.05, 0) is 57.2 Å². The standard InChI is InChI=1S/C19H19ClN6/c1-25-6-4-16(5-7-25)26-12-15(11-22-26)23-19-8-13(10-21)17-9-14(20)2-3-18(17)24-19/h2-3,8-9,11-12,16H,4-7H2,1H3,(H,23,24). The van der Waals surface area contributed by atoms with Crippen molar-refractivity contribution in [3.05, 3.63) is 47.2 Å². The molecular weight excluding hydrogens is 348 g/mol. The van der Waals surface area contributed by atoms with Gasteiger partial charge in [0.1, 0.15) is 5.82 Å². The molecule has 1 aromatic carbocycles. The highest BCUT2D eigenvalue weighted by atomic mass is 35.5. The number of aromatic nitrogens is 3. The van der Waals surface area contributed by atoms with Crippen molar-refractivity contribution in [2.75, 3.05) is 25.5 Å². The van der Waals surface area contributed by atoms with E-state index in [-0.39, 0.29) is 0 Å². The normalized spacial score (nSPS) is 15.9. The SMILES string of the molecule is CN1CCC(n2cc(Nc3cc(C#N)c4cc(Cl)ccc4n3)cn2)CC1. The lowest BCUT2D eigenvalue weighted by Crippen LogP contribution is -2.31. The van der Waals surface area contributed by atoms with E-state index in [1.165, 1.54) is 0 Å². The van der Waals surface area contributed by atoms with E-state index in [2.05, 4.69) is 33.4 Å². The summed E-state index contributed by atoms with van der Waals surface area (Å²) in [6.45, 7) is 2.18. The Hall–Kier alpha value is -2.62. The van der Waals surface area contributed by atoms with Crippen molar-refractivity contribution in [1.82, 2.24) is 19.7 Å². The molecule has 6 nitrogen and oxygen atoms in total. The summed E-state index contributed by atoms with van der Waals surface area (Å²) < 4.78 is 2.03. The van der Waals surface area contributed by atoms with E-state index >= 15 is 0 Å². The molecule has 132 valence electrons. The molecule has 1 N–H and O–H groups in total. The van der Waals surface area contributed by atoms with Crippen molar-refractivity contribution in [1.29, 1.82) is 5.26 Å². The van der Waals surface area contributed by atoms with Crippen molar-refractivity contribution in [2.24, 2.45) is 0 Å². The largest absolute Gasteiger partial charge is 0.338 e. The number of piperidine rings is 1. The highest BCUT2D eigenvalue weighted by Crippen LogP contribution is 2.26. The van der Waals surface area contributed by atoms with Crippen molar-refractivity contribution in [2.45, 2.75) is 18.9 Å². The Balaban J connectivity index is 1.58. The number of halogens is 1. The van der Waals surface area contributed by atoms with E-state index in [9.17, 15) is 5.26 Å². The Morgan fingerprint density at radius 1 is 1.27 bits per heavy atom. The molecule has 1 fully saturated rings. The summed E-state index contributed by atoms with van der Waals surface area (Å²) in [5.41, 5.74) is 2.15. The number of benzene rings is 1. The van der Waals surface area contributed by atoms with Crippen LogP contribution in [0, 0.1) is 11.3 Å². The molecule has 0 atom stereocenters. The van der Waals surface area contributed by atoms with Gasteiger partial charge in [0.25, 0.3) is 0 Å². The summed E-state index contributed by atoms with van der Waals surface area (Å²) in [7, 11) is 2.15. The smallest absolute Gasteiger partial charge is 0.132 e. The maximum atomic E-state index is 9.44. The molecule has 0 saturated carbocycles. The lowest BCUT2D eigenvalue weighted by molar-refractivity contribution is 0.212. The van der Waals surface area contributed by atoms with Crippen LogP contribution in [0.4, 0.5) is 11.5 Å². The van der Waals surface area contributed by atoms with Crippen LogP contribution in [0.5, 0.6) is 0 Å². The molecule has 7 heteroatoms. The molecule has 2 aromatic heterocycles. The molecule has 3 heterocycles. The van der Waals surface area contributed by atoms with E-state index in [4.69, 9.17) is 11.6 Å². The van der Waals surface area contributed by atoms with Crippen molar-refractivity contribution in [3.63, 3.8) is 0 Å². The fourth-order valence-electron chi connectivity index (χ4n) is 3.36. The molecule has 1 aliphatic heterocycles. The van der Waals surface area contributed by atoms with Crippen molar-refractivity contribution in [3.8, 4) is 6.07 Å². The minimum Gasteiger partial charge on any atom is -0.338 e. The topological polar surface area (TPSA) is 69.8 Å². The van der Waals surface area contributed by atoms with Gasteiger partial charge in [0.2, 0.25) is 0 Å². The Bertz CT molecular complexity index is 981. The van der Waals surface area contributed by atoms with Gasteiger partial charge in [0.15, 0.2) is 0 Å². The van der Waals surface area contributed by atoms with Crippen LogP contribution < -0.4 is 5.32 Å². The fourth-order valence-corrected chi connectivity index (χ4v) is 3.54. The van der Waals surface area contributed by atoms with Gasteiger partial charge in [-0.15, -0.1) is 0 Å². The summed E-state index contributed by atoms with van der Waals surface area (Å²) in [4.78, 5) is 6.93. The van der Waals surface area contributed by atoms with Crippen LogP contribution >= 0.6 is 11.6 Å². The molecular formula is C19H19ClN6. The van der Waals surface area contributed by atoms with Crippen LogP contribution in [0.2, 0.25) is 5.02 Å². The number of nitrogens with zero attached hydrogens (tertiary/aromatic N) is 5. The Kier molecular flexibility index (Phi) is 4.49. The first-order valence-corrected chi connectivity index (χ1v) is 9.00. The predicted molar refractivity (Wildman–Crippen MR) is 103 cm³/mol. The Morgan fingerprint density at radius 3 is 2.85 bits per heavy atom. The van der Waals surface area contributed by atoms with Gasteiger partial charge in [-0.3, -0.25) is 4.68 Å². The molecule has 0 bridgehead atoms. The summed E-state index contributed by atoms with van der Waals surface area (Å²) in [6, 6.07) is 9.77. The summed E-state index contributed by atoms with van der Waals surface area (Å²) in [5, 5.41) is 18.6. The van der Waals surface area contributed by atoms with Crippen molar-refractivity contribution < 1.29 is 0 Å². The van der Waals surface area contributed by atoms with Crippen LogP contribution in [0.25, 0.3) is 10.9 Å². The lowest BCUT2D eigenvalue weighted by Gasteiger charge is -2.28. The van der Waals surface area contributed by atoms with Crippen LogP contribution in [-0.4, -0.2) is 39.8 Å². The highest BCUT2D eigenvalue weighted by molar-refractivity contribution is 6.31. The van der Waals surface area contributed by atoms with Crippen molar-refractivity contribution >= 4 is 34.0 Å². The number of nitrogens with one attached hydrogen (secondary N) is 1. The average Bonchev–Trinajstić information content (AvgIpc) is 3.10. The molecule has 0 amide bonds. The number of anilines is 2. The number of fused-ring (bicyclic) bond motifs is 1. The Morgan fingerprint density at radius 2 is 2.08 bits per heavy atom. The van der Waals surface area contributed by atoms with Crippen LogP contribution in [0.3, 0.4) is 0 Å². The monoisotopic (exact) mass is 366 g/mol. The first-order chi connectivity index (χ1) is 12.6. The van der Waals surface area contributed by atoms with Gasteiger partial charge in [-0.25, -0.2) is 4.98 Å². The third-order valence-corrected chi connectivity index (χ3v) is 5.06. The van der Waals surface area contributed by atoms with E-state index in [0.29, 0.717) is 22.4 Å². The van der Waals surface area contributed by atoms with Crippen LogP contribution in [-0.2, 0) is 0 Å². The number of nitriles is 1. The molecule has 3 aromatic rings. The van der Waals surface area contributed by atoms with Gasteiger partial charge in [0, 0.05) is 16.6 Å². The highest BCUT2D eigenvalue weighted by Gasteiger charge is 2.19. The summed E-state index contributed by atoms with van der Waals surface area (Å²) in [5.74, 6) is 0.624. The third-order valence-electron chi connectivity index (χ3n) is 4.83. The van der Waals surface area contributed by atoms with Gasteiger partial charge < -0.3 is 10.2 Å². The summed E-state index contributed by atoms with van der Waals surface area (Å²) in [6.07, 6.45) is 6.02. The van der Waals surface area contributed by atoms with Crippen LogP contribution in [0.15, 0.2) is 36.7 Å². The minimum atomic E-state index is 0.433. The zero-order valence-electron chi connectivity index (χ0n) is 14.5. The fraction of sp³-hybridized carbons (Fsp3) is 0.316. The average molecular weight is 367 g/mol. The maximum Gasteiger partial charge on any atom is 0.132 e. The lowest BCUT2D eigenvalue weighted by atomic mass is 10.1. The second-order valence-electron chi connectivity index (χ2n) is 6.70. The van der Waals surface area contributed by atoms with Gasteiger partial charge >= 0.3 is 0 Å². The van der Waals surface area contributed by atoms with Crippen LogP contribution in [0.1, 0.15) is 24.4 Å². The number of hydrogen-bond donors (Lipinski definition) is 1. The van der Waals surface area contributed by atoms with E-state index < -0.39 is 0 Å². The molecule has 4 rings (SSSR count). The first-order valence-electron chi connectivity index (χ1n) is 8.62. The van der Waals surface area contributed by atoms with Gasteiger partial charge in [0.05, 0.1) is 35.1 Å². The van der Waals surface area contributed by atoms with E-state index in [1.54, 1.807) is 24.4 Å². The minimum absolute atomic E-state index is 0.433. The zero-order chi connectivity index (χ0) is 18.1. The molecule has 0 spiro atoms. The Labute approximate surface area is 157 Å². The quantitative estimate of drug-likeness (QED) is 0.759. The van der Waals surface area contributed by atoms with E-state index in [0.717, 1.165) is 42.5 Å². The van der Waals surface area contributed by atoms with Gasteiger partial charge in [-0.1, -0.05) is 11.6 Å². The van der Waals surface area contributed by atoms with E-state index in [1.807, 2.05) is 16.9 Å². The second kappa shape index (κ2) is 6.94. The predicted octanol–water partition coefficient (Wildman–Crippen LogP) is 3.97. The number of pyridine rings is 1. The number of likely N-dealkylation sites (tertiary alicyclic amines) is 1. The number of rotatable bonds is 3. The maximum absolute atomic E-state index is 9.44. The second-order valence-corrected chi connectivity index (χ2v) is 7.13. The summed E-state index contributed by atoms with van der Waals surface area (Å²) >= 11 is 6.04. The van der Waals surface area contributed by atoms with Gasteiger partial charge in [-0.2, -0.15) is 10.4 Å². The molecule has 26 heavy (non-hydrogen) atoms. The zero-order valence-corrected chi connectivity index (χ0v) is 15.2. The molecule has 0 radical (unpaired) electrons. The first kappa shape index (κ1) is 16.8. The molecule has 1 saturated heterocycles.